The van der Waals surface area contributed by atoms with Gasteiger partial charge in [-0.3, -0.25) is 5.10 Å². The van der Waals surface area contributed by atoms with E-state index in [1.165, 1.54) is 0 Å². The molecule has 17 heavy (non-hydrogen) atoms. The van der Waals surface area contributed by atoms with Crippen molar-refractivity contribution in [2.75, 3.05) is 0 Å². The second-order valence-corrected chi connectivity index (χ2v) is 3.69. The summed E-state index contributed by atoms with van der Waals surface area (Å²) in [6.45, 7) is 1.81. The number of rotatable bonds is 1. The van der Waals surface area contributed by atoms with Crippen LogP contribution in [0.5, 0.6) is 0 Å². The van der Waals surface area contributed by atoms with E-state index in [1.54, 1.807) is 6.07 Å². The minimum Gasteiger partial charge on any atom is -0.441 e. The maximum absolute atomic E-state index is 8.71. The van der Waals surface area contributed by atoms with Gasteiger partial charge >= 0.3 is 0 Å². The Morgan fingerprint density at radius 3 is 3.00 bits per heavy atom. The Bertz CT molecular complexity index is 732. The third-order valence-corrected chi connectivity index (χ3v) is 2.50. The van der Waals surface area contributed by atoms with Gasteiger partial charge in [0.1, 0.15) is 11.6 Å². The Hall–Kier alpha value is -2.61. The van der Waals surface area contributed by atoms with Crippen LogP contribution in [0.15, 0.2) is 28.7 Å². The minimum atomic E-state index is 0.369. The average Bonchev–Trinajstić information content (AvgIpc) is 2.92. The monoisotopic (exact) mass is 224 g/mol. The molecular weight excluding hydrogens is 216 g/mol. The van der Waals surface area contributed by atoms with Gasteiger partial charge in [0.15, 0.2) is 17.2 Å². The van der Waals surface area contributed by atoms with Crippen molar-refractivity contribution in [2.45, 2.75) is 6.92 Å². The zero-order valence-corrected chi connectivity index (χ0v) is 9.06. The summed E-state index contributed by atoms with van der Waals surface area (Å²) in [6.07, 6.45) is 0. The predicted molar refractivity (Wildman–Crippen MR) is 61.0 cm³/mol. The number of nitrogens with zero attached hydrogens (tertiary/aromatic N) is 3. The smallest absolute Gasteiger partial charge is 0.192 e. The van der Waals surface area contributed by atoms with Gasteiger partial charge in [-0.2, -0.15) is 10.4 Å². The summed E-state index contributed by atoms with van der Waals surface area (Å²) in [5.41, 5.74) is 3.63. The van der Waals surface area contributed by atoms with Crippen LogP contribution >= 0.6 is 0 Å². The van der Waals surface area contributed by atoms with E-state index < -0.39 is 0 Å². The first-order valence-corrected chi connectivity index (χ1v) is 5.09. The first-order valence-electron chi connectivity index (χ1n) is 5.09. The summed E-state index contributed by atoms with van der Waals surface area (Å²) in [6, 6.07) is 9.36. The third kappa shape index (κ3) is 1.56. The average molecular weight is 224 g/mol. The lowest BCUT2D eigenvalue weighted by Crippen LogP contribution is -1.77. The number of aromatic amines is 1. The highest BCUT2D eigenvalue weighted by molar-refractivity contribution is 5.79. The molecule has 0 fully saturated rings. The van der Waals surface area contributed by atoms with E-state index in [2.05, 4.69) is 15.2 Å². The van der Waals surface area contributed by atoms with Gasteiger partial charge in [-0.1, -0.05) is 6.07 Å². The van der Waals surface area contributed by atoms with E-state index in [9.17, 15) is 0 Å². The van der Waals surface area contributed by atoms with Gasteiger partial charge in [-0.25, -0.2) is 4.98 Å². The normalized spacial score (nSPS) is 10.6. The topological polar surface area (TPSA) is 78.5 Å². The van der Waals surface area contributed by atoms with Crippen LogP contribution in [0.2, 0.25) is 0 Å². The Morgan fingerprint density at radius 2 is 2.24 bits per heavy atom. The van der Waals surface area contributed by atoms with Crippen molar-refractivity contribution in [3.05, 3.63) is 35.9 Å². The Labute approximate surface area is 96.7 Å². The van der Waals surface area contributed by atoms with Crippen LogP contribution in [0.25, 0.3) is 22.4 Å². The van der Waals surface area contributed by atoms with Gasteiger partial charge in [0, 0.05) is 18.6 Å². The summed E-state index contributed by atoms with van der Waals surface area (Å²) >= 11 is 0. The summed E-state index contributed by atoms with van der Waals surface area (Å²) in [5.74, 6) is 0.638. The van der Waals surface area contributed by atoms with E-state index in [4.69, 9.17) is 9.68 Å². The lowest BCUT2D eigenvalue weighted by Gasteiger charge is -1.95. The third-order valence-electron chi connectivity index (χ3n) is 2.50. The number of fused-ring (bicyclic) bond motifs is 1. The van der Waals surface area contributed by atoms with Crippen molar-refractivity contribution in [2.24, 2.45) is 0 Å². The second kappa shape index (κ2) is 3.46. The van der Waals surface area contributed by atoms with Crippen LogP contribution in [0.4, 0.5) is 0 Å². The van der Waals surface area contributed by atoms with Crippen LogP contribution in [0.1, 0.15) is 11.6 Å². The molecule has 2 aromatic heterocycles. The number of hydrogen-bond acceptors (Lipinski definition) is 4. The molecule has 3 aromatic rings. The van der Waals surface area contributed by atoms with E-state index in [0.717, 1.165) is 22.4 Å². The number of nitriles is 1. The maximum atomic E-state index is 8.71. The minimum absolute atomic E-state index is 0.369. The SMILES string of the molecule is Cc1nc2ccc(-c3cc(C#N)n[nH]3)cc2o1. The lowest BCUT2D eigenvalue weighted by molar-refractivity contribution is 0.561. The van der Waals surface area contributed by atoms with Gasteiger partial charge < -0.3 is 4.42 Å². The number of oxazole rings is 1. The molecule has 5 heteroatoms. The molecule has 0 aliphatic heterocycles. The van der Waals surface area contributed by atoms with E-state index in [0.29, 0.717) is 11.6 Å². The Balaban J connectivity index is 2.14. The second-order valence-electron chi connectivity index (χ2n) is 3.69. The number of nitrogens with one attached hydrogen (secondary N) is 1. The van der Waals surface area contributed by atoms with Crippen LogP contribution < -0.4 is 0 Å². The van der Waals surface area contributed by atoms with Crippen molar-refractivity contribution in [3.63, 3.8) is 0 Å². The molecule has 0 unspecified atom stereocenters. The summed E-state index contributed by atoms with van der Waals surface area (Å²) in [7, 11) is 0. The van der Waals surface area contributed by atoms with Gasteiger partial charge in [0.25, 0.3) is 0 Å². The molecule has 1 N–H and O–H groups in total. The molecule has 5 nitrogen and oxygen atoms in total. The molecule has 0 atom stereocenters. The number of H-pyrrole nitrogens is 1. The fourth-order valence-electron chi connectivity index (χ4n) is 1.73. The molecule has 0 spiro atoms. The molecule has 0 saturated carbocycles. The highest BCUT2D eigenvalue weighted by Crippen LogP contribution is 2.23. The number of benzene rings is 1. The molecule has 2 heterocycles. The Morgan fingerprint density at radius 1 is 1.35 bits per heavy atom. The van der Waals surface area contributed by atoms with E-state index in [-0.39, 0.29) is 0 Å². The van der Waals surface area contributed by atoms with Crippen LogP contribution in [-0.2, 0) is 0 Å². The first kappa shape index (κ1) is 9.60. The fourth-order valence-corrected chi connectivity index (χ4v) is 1.73. The lowest BCUT2D eigenvalue weighted by atomic mass is 10.1. The summed E-state index contributed by atoms with van der Waals surface area (Å²) in [5, 5.41) is 15.4. The predicted octanol–water partition coefficient (Wildman–Crippen LogP) is 2.40. The summed E-state index contributed by atoms with van der Waals surface area (Å²) < 4.78 is 5.45. The van der Waals surface area contributed by atoms with Crippen molar-refractivity contribution in [1.82, 2.24) is 15.2 Å². The molecule has 0 amide bonds. The first-order chi connectivity index (χ1) is 8.26. The standard InChI is InChI=1S/C12H8N4O/c1-7-14-10-3-2-8(4-12(10)17-7)11-5-9(6-13)15-16-11/h2-5H,1H3,(H,15,16). The zero-order valence-electron chi connectivity index (χ0n) is 9.06. The van der Waals surface area contributed by atoms with Crippen molar-refractivity contribution in [1.29, 1.82) is 5.26 Å². The highest BCUT2D eigenvalue weighted by atomic mass is 16.3. The molecule has 82 valence electrons. The number of aryl methyl sites for hydroxylation is 1. The number of aromatic nitrogens is 3. The van der Waals surface area contributed by atoms with Crippen molar-refractivity contribution < 1.29 is 4.42 Å². The zero-order chi connectivity index (χ0) is 11.8. The molecule has 3 rings (SSSR count). The molecule has 0 saturated heterocycles. The van der Waals surface area contributed by atoms with E-state index in [1.807, 2.05) is 31.2 Å². The van der Waals surface area contributed by atoms with Crippen LogP contribution in [-0.4, -0.2) is 15.2 Å². The van der Waals surface area contributed by atoms with Gasteiger partial charge in [0.2, 0.25) is 0 Å². The van der Waals surface area contributed by atoms with Crippen molar-refractivity contribution >= 4 is 11.1 Å². The molecule has 0 radical (unpaired) electrons. The van der Waals surface area contributed by atoms with Gasteiger partial charge in [-0.15, -0.1) is 0 Å². The molecule has 0 bridgehead atoms. The molecule has 1 aromatic carbocycles. The van der Waals surface area contributed by atoms with Crippen LogP contribution in [0, 0.1) is 18.3 Å². The van der Waals surface area contributed by atoms with Crippen LogP contribution in [0.3, 0.4) is 0 Å². The van der Waals surface area contributed by atoms with Gasteiger partial charge in [0.05, 0.1) is 5.69 Å². The maximum Gasteiger partial charge on any atom is 0.192 e. The molecular formula is C12H8N4O. The largest absolute Gasteiger partial charge is 0.441 e. The molecule has 0 aliphatic rings. The Kier molecular flexibility index (Phi) is 1.95. The van der Waals surface area contributed by atoms with Crippen molar-refractivity contribution in [3.8, 4) is 17.3 Å². The fraction of sp³-hybridized carbons (Fsp3) is 0.0833. The van der Waals surface area contributed by atoms with Gasteiger partial charge in [-0.05, 0) is 12.1 Å². The summed E-state index contributed by atoms with van der Waals surface area (Å²) in [4.78, 5) is 4.22. The molecule has 0 aliphatic carbocycles. The quantitative estimate of drug-likeness (QED) is 0.688. The highest BCUT2D eigenvalue weighted by Gasteiger charge is 2.07. The number of hydrogen-bond donors (Lipinski definition) is 1. The van der Waals surface area contributed by atoms with E-state index >= 15 is 0 Å².